The Morgan fingerprint density at radius 1 is 1.12 bits per heavy atom. The van der Waals surface area contributed by atoms with Crippen LogP contribution < -0.4 is 15.0 Å². The van der Waals surface area contributed by atoms with E-state index in [9.17, 15) is 9.59 Å². The zero-order valence-corrected chi connectivity index (χ0v) is 14.1. The average Bonchev–Trinajstić information content (AvgIpc) is 3.03. The number of carbonyl (C=O) groups excluding carboxylic acids is 2. The second-order valence-electron chi connectivity index (χ2n) is 5.78. The second-order valence-corrected chi connectivity index (χ2v) is 7.31. The molecule has 1 N–H and O–H groups in total. The van der Waals surface area contributed by atoms with Crippen LogP contribution in [0.2, 0.25) is 0 Å². The molecule has 0 aliphatic carbocycles. The van der Waals surface area contributed by atoms with Gasteiger partial charge < -0.3 is 10.1 Å². The quantitative estimate of drug-likeness (QED) is 0.913. The van der Waals surface area contributed by atoms with Crippen molar-refractivity contribution in [3.8, 4) is 5.75 Å². The van der Waals surface area contributed by atoms with Gasteiger partial charge in [0.2, 0.25) is 10.8 Å². The van der Waals surface area contributed by atoms with Crippen LogP contribution in [-0.4, -0.2) is 24.2 Å². The number of anilines is 2. The monoisotopic (exact) mass is 340 g/mol. The van der Waals surface area contributed by atoms with Crippen LogP contribution in [0.3, 0.4) is 0 Å². The summed E-state index contributed by atoms with van der Waals surface area (Å²) in [6.45, 7) is 1.84. The molecule has 0 radical (unpaired) electrons. The van der Waals surface area contributed by atoms with E-state index in [2.05, 4.69) is 5.32 Å². The van der Waals surface area contributed by atoms with Crippen LogP contribution in [0.15, 0.2) is 48.5 Å². The van der Waals surface area contributed by atoms with E-state index in [-0.39, 0.29) is 17.1 Å². The van der Waals surface area contributed by atoms with E-state index in [4.69, 9.17) is 4.74 Å². The Kier molecular flexibility index (Phi) is 3.31. The maximum absolute atomic E-state index is 12.9. The van der Waals surface area contributed by atoms with Gasteiger partial charge >= 0.3 is 0 Å². The molecule has 24 heavy (non-hydrogen) atoms. The van der Waals surface area contributed by atoms with Gasteiger partial charge in [-0.05, 0) is 37.3 Å². The average molecular weight is 340 g/mol. The fraction of sp³-hybridized carbons (Fsp3) is 0.222. The zero-order valence-electron chi connectivity index (χ0n) is 13.3. The molecular weight excluding hydrogens is 324 g/mol. The predicted molar refractivity (Wildman–Crippen MR) is 94.3 cm³/mol. The molecule has 2 amide bonds. The van der Waals surface area contributed by atoms with Gasteiger partial charge in [0.25, 0.3) is 5.91 Å². The third-order valence-corrected chi connectivity index (χ3v) is 5.89. The highest BCUT2D eigenvalue weighted by atomic mass is 32.2. The van der Waals surface area contributed by atoms with Crippen LogP contribution in [0.1, 0.15) is 12.5 Å². The smallest absolute Gasteiger partial charge is 0.266 e. The van der Waals surface area contributed by atoms with E-state index >= 15 is 0 Å². The molecule has 0 saturated carbocycles. The Morgan fingerprint density at radius 3 is 2.54 bits per heavy atom. The minimum absolute atomic E-state index is 0.0722. The summed E-state index contributed by atoms with van der Waals surface area (Å²) in [6.07, 6.45) is 0. The molecule has 5 nitrogen and oxygen atoms in total. The first kappa shape index (κ1) is 15.1. The Hall–Kier alpha value is -2.47. The SMILES string of the molecule is COc1ccc(N2C(=O)C(C)SC23C(=O)Nc2ccccc23)cc1. The van der Waals surface area contributed by atoms with Crippen molar-refractivity contribution in [2.75, 3.05) is 17.3 Å². The van der Waals surface area contributed by atoms with Crippen molar-refractivity contribution >= 4 is 35.0 Å². The number of thioether (sulfide) groups is 1. The molecule has 1 fully saturated rings. The molecule has 0 bridgehead atoms. The summed E-state index contributed by atoms with van der Waals surface area (Å²) in [5, 5.41) is 2.61. The summed E-state index contributed by atoms with van der Waals surface area (Å²) in [6, 6.07) is 14.7. The normalized spacial score (nSPS) is 25.1. The van der Waals surface area contributed by atoms with Crippen molar-refractivity contribution in [3.05, 3.63) is 54.1 Å². The molecule has 0 aromatic heterocycles. The molecular formula is C18H16N2O3S. The Morgan fingerprint density at radius 2 is 1.83 bits per heavy atom. The van der Waals surface area contributed by atoms with E-state index in [1.54, 1.807) is 24.1 Å². The molecule has 2 unspecified atom stereocenters. The highest BCUT2D eigenvalue weighted by molar-refractivity contribution is 8.03. The number of benzene rings is 2. The van der Waals surface area contributed by atoms with Crippen molar-refractivity contribution in [2.45, 2.75) is 17.0 Å². The van der Waals surface area contributed by atoms with Gasteiger partial charge in [-0.25, -0.2) is 0 Å². The Balaban J connectivity index is 1.90. The summed E-state index contributed by atoms with van der Waals surface area (Å²) in [5.41, 5.74) is 2.27. The van der Waals surface area contributed by atoms with Crippen molar-refractivity contribution in [1.82, 2.24) is 0 Å². The number of hydrogen-bond donors (Lipinski definition) is 1. The number of hydrogen-bond acceptors (Lipinski definition) is 4. The summed E-state index contributed by atoms with van der Waals surface area (Å²) in [5.74, 6) is 0.454. The van der Waals surface area contributed by atoms with Gasteiger partial charge in [-0.2, -0.15) is 0 Å². The lowest BCUT2D eigenvalue weighted by atomic mass is 10.0. The summed E-state index contributed by atoms with van der Waals surface area (Å²) < 4.78 is 5.19. The van der Waals surface area contributed by atoms with Crippen LogP contribution in [0, 0.1) is 0 Å². The molecule has 2 aliphatic heterocycles. The lowest BCUT2D eigenvalue weighted by molar-refractivity contribution is -0.122. The van der Waals surface area contributed by atoms with E-state index in [0.29, 0.717) is 11.4 Å². The first-order valence-corrected chi connectivity index (χ1v) is 8.53. The van der Waals surface area contributed by atoms with E-state index in [0.717, 1.165) is 11.3 Å². The van der Waals surface area contributed by atoms with Crippen LogP contribution in [0.25, 0.3) is 0 Å². The largest absolute Gasteiger partial charge is 0.497 e. The lowest BCUT2D eigenvalue weighted by Crippen LogP contribution is -2.47. The molecule has 2 aromatic rings. The van der Waals surface area contributed by atoms with E-state index in [1.165, 1.54) is 11.8 Å². The molecule has 122 valence electrons. The Labute approximate surface area is 144 Å². The number of nitrogens with one attached hydrogen (secondary N) is 1. The van der Waals surface area contributed by atoms with Gasteiger partial charge in [-0.3, -0.25) is 14.5 Å². The van der Waals surface area contributed by atoms with Crippen molar-refractivity contribution in [2.24, 2.45) is 0 Å². The number of nitrogens with zero attached hydrogens (tertiary/aromatic N) is 1. The summed E-state index contributed by atoms with van der Waals surface area (Å²) >= 11 is 1.38. The van der Waals surface area contributed by atoms with Crippen molar-refractivity contribution in [1.29, 1.82) is 0 Å². The molecule has 4 rings (SSSR count). The highest BCUT2D eigenvalue weighted by Gasteiger charge is 2.60. The predicted octanol–water partition coefficient (Wildman–Crippen LogP) is 2.97. The third-order valence-electron chi connectivity index (χ3n) is 4.41. The number of amides is 2. The van der Waals surface area contributed by atoms with Gasteiger partial charge in [-0.15, -0.1) is 11.8 Å². The minimum atomic E-state index is -1.05. The van der Waals surface area contributed by atoms with Crippen LogP contribution in [0.5, 0.6) is 5.75 Å². The summed E-state index contributed by atoms with van der Waals surface area (Å²) in [7, 11) is 1.59. The zero-order chi connectivity index (χ0) is 16.9. The molecule has 1 saturated heterocycles. The topological polar surface area (TPSA) is 58.6 Å². The van der Waals surface area contributed by atoms with Crippen LogP contribution in [-0.2, 0) is 14.5 Å². The number of carbonyl (C=O) groups is 2. The first-order valence-electron chi connectivity index (χ1n) is 7.65. The van der Waals surface area contributed by atoms with E-state index < -0.39 is 4.87 Å². The second kappa shape index (κ2) is 5.27. The fourth-order valence-corrected chi connectivity index (χ4v) is 4.77. The van der Waals surface area contributed by atoms with Gasteiger partial charge in [0.1, 0.15) is 5.75 Å². The molecule has 1 spiro atoms. The number of ether oxygens (including phenoxy) is 1. The summed E-state index contributed by atoms with van der Waals surface area (Å²) in [4.78, 5) is 26.3. The standard InChI is InChI=1S/C18H16N2O3S/c1-11-16(21)20(12-7-9-13(23-2)10-8-12)18(24-11)14-5-3-4-6-15(14)19-17(18)22/h3-11H,1-2H3,(H,19,22). The Bertz CT molecular complexity index is 836. The van der Waals surface area contributed by atoms with E-state index in [1.807, 2.05) is 43.3 Å². The first-order chi connectivity index (χ1) is 11.6. The molecule has 2 aromatic carbocycles. The van der Waals surface area contributed by atoms with Gasteiger partial charge in [0, 0.05) is 16.9 Å². The van der Waals surface area contributed by atoms with Gasteiger partial charge in [0.15, 0.2) is 0 Å². The molecule has 6 heteroatoms. The van der Waals surface area contributed by atoms with Crippen molar-refractivity contribution in [3.63, 3.8) is 0 Å². The third kappa shape index (κ3) is 1.89. The lowest BCUT2D eigenvalue weighted by Gasteiger charge is -2.32. The molecule has 2 heterocycles. The number of methoxy groups -OCH3 is 1. The number of para-hydroxylation sites is 1. The molecule has 2 atom stereocenters. The minimum Gasteiger partial charge on any atom is -0.497 e. The maximum Gasteiger partial charge on any atom is 0.266 e. The highest BCUT2D eigenvalue weighted by Crippen LogP contribution is 2.55. The van der Waals surface area contributed by atoms with Crippen LogP contribution >= 0.6 is 11.8 Å². The van der Waals surface area contributed by atoms with Crippen LogP contribution in [0.4, 0.5) is 11.4 Å². The maximum atomic E-state index is 12.9. The van der Waals surface area contributed by atoms with Crippen molar-refractivity contribution < 1.29 is 14.3 Å². The molecule has 2 aliphatic rings. The van der Waals surface area contributed by atoms with Gasteiger partial charge in [0.05, 0.1) is 12.4 Å². The number of rotatable bonds is 2. The van der Waals surface area contributed by atoms with Gasteiger partial charge in [-0.1, -0.05) is 18.2 Å². The fourth-order valence-electron chi connectivity index (χ4n) is 3.29. The number of fused-ring (bicyclic) bond motifs is 2.